The van der Waals surface area contributed by atoms with Crippen molar-refractivity contribution in [1.82, 2.24) is 30.1 Å². The van der Waals surface area contributed by atoms with Gasteiger partial charge in [0.05, 0.1) is 51.7 Å². The number of ether oxygens (including phenoxy) is 2. The predicted octanol–water partition coefficient (Wildman–Crippen LogP) is 9.67. The van der Waals surface area contributed by atoms with Crippen LogP contribution >= 0.6 is 0 Å². The van der Waals surface area contributed by atoms with E-state index in [1.165, 1.54) is 0 Å². The summed E-state index contributed by atoms with van der Waals surface area (Å²) in [5, 5.41) is 8.27. The number of fused-ring (bicyclic) bond motifs is 5. The van der Waals surface area contributed by atoms with E-state index in [0.717, 1.165) is 121 Å². The lowest BCUT2D eigenvalue weighted by atomic mass is 9.77. The van der Waals surface area contributed by atoms with Crippen LogP contribution in [0.25, 0.3) is 66.1 Å². The van der Waals surface area contributed by atoms with E-state index >= 15 is 0 Å². The smallest absolute Gasteiger partial charge is 0.495 e. The van der Waals surface area contributed by atoms with Crippen LogP contribution in [0.3, 0.4) is 0 Å². The van der Waals surface area contributed by atoms with Gasteiger partial charge in [0.1, 0.15) is 23.0 Å². The molecule has 0 aliphatic carbocycles. The Bertz CT molecular complexity index is 2740. The molecule has 8 aromatic rings. The number of nitrogens with zero attached hydrogens (tertiary/aromatic N) is 5. The molecule has 2 fully saturated rings. The highest BCUT2D eigenvalue weighted by Gasteiger charge is 2.52. The molecule has 58 heavy (non-hydrogen) atoms. The highest BCUT2D eigenvalue weighted by Crippen LogP contribution is 2.43. The van der Waals surface area contributed by atoms with Gasteiger partial charge in [0.15, 0.2) is 0 Å². The summed E-state index contributed by atoms with van der Waals surface area (Å²) in [7, 11) is 1.35. The number of rotatable bonds is 5. The lowest BCUT2D eigenvalue weighted by Gasteiger charge is -2.32. The van der Waals surface area contributed by atoms with Crippen molar-refractivity contribution in [3.8, 4) is 28.1 Å². The zero-order valence-corrected chi connectivity index (χ0v) is 33.3. The molecule has 11 nitrogen and oxygen atoms in total. The predicted molar refractivity (Wildman–Crippen MR) is 231 cm³/mol. The van der Waals surface area contributed by atoms with Crippen molar-refractivity contribution in [3.63, 3.8) is 0 Å². The minimum Gasteiger partial charge on any atom is -0.496 e. The van der Waals surface area contributed by atoms with Crippen LogP contribution in [-0.4, -0.2) is 68.7 Å². The molecule has 12 heteroatoms. The maximum atomic E-state index is 6.11. The van der Waals surface area contributed by atoms with Crippen molar-refractivity contribution in [3.05, 3.63) is 102 Å². The molecule has 7 heterocycles. The fraction of sp³-hybridized carbons (Fsp3) is 0.326. The minimum atomic E-state index is -0.335. The van der Waals surface area contributed by atoms with Crippen molar-refractivity contribution in [2.45, 2.75) is 78.9 Å². The second-order valence-corrected chi connectivity index (χ2v) is 15.8. The third-order valence-corrected chi connectivity index (χ3v) is 11.8. The Morgan fingerprint density at radius 1 is 0.776 bits per heavy atom. The van der Waals surface area contributed by atoms with Gasteiger partial charge < -0.3 is 28.3 Å². The third-order valence-electron chi connectivity index (χ3n) is 11.8. The molecule has 3 aromatic carbocycles. The summed E-state index contributed by atoms with van der Waals surface area (Å²) in [6.07, 6.45) is 5.48. The first-order valence-corrected chi connectivity index (χ1v) is 19.5. The lowest BCUT2D eigenvalue weighted by Crippen LogP contribution is -2.41. The Hall–Kier alpha value is -5.69. The zero-order chi connectivity index (χ0) is 39.5. The summed E-state index contributed by atoms with van der Waals surface area (Å²) in [6.45, 7) is 13.6. The fourth-order valence-electron chi connectivity index (χ4n) is 8.00. The van der Waals surface area contributed by atoms with Gasteiger partial charge in [-0.15, -0.1) is 0 Å². The van der Waals surface area contributed by atoms with E-state index in [1.54, 1.807) is 7.11 Å². The maximum absolute atomic E-state index is 6.11. The van der Waals surface area contributed by atoms with E-state index < -0.39 is 0 Å². The summed E-state index contributed by atoms with van der Waals surface area (Å²) in [5.74, 6) is 2.59. The first-order chi connectivity index (χ1) is 27.5. The molecular weight excluding hydrogens is 727 g/mol. The van der Waals surface area contributed by atoms with E-state index in [4.69, 9.17) is 33.3 Å². The molecule has 5 aromatic heterocycles. The van der Waals surface area contributed by atoms with Crippen molar-refractivity contribution < 1.29 is 23.3 Å². The Morgan fingerprint density at radius 2 is 1.43 bits per heavy atom. The summed E-state index contributed by atoms with van der Waals surface area (Å²) in [4.78, 5) is 22.9. The van der Waals surface area contributed by atoms with Gasteiger partial charge in [0.25, 0.3) is 0 Å². The molecule has 0 atom stereocenters. The molecular formula is C46H49BN6O5. The summed E-state index contributed by atoms with van der Waals surface area (Å²) >= 11 is 0. The SMILES string of the molecule is C.CC1(C)OB(c2ccnc3ccccc23)OC1(C)C.COc1cc2c(cc1-c1c(C)noc1C)[nH]c1nc(C3CCOCC3)nc(-c3ccnc4ccccc34)c12. The summed E-state index contributed by atoms with van der Waals surface area (Å²) < 4.78 is 29.2. The van der Waals surface area contributed by atoms with Crippen LogP contribution < -0.4 is 10.2 Å². The van der Waals surface area contributed by atoms with Gasteiger partial charge in [0, 0.05) is 58.9 Å². The Morgan fingerprint density at radius 3 is 2.10 bits per heavy atom. The average Bonchev–Trinajstić information content (AvgIpc) is 3.83. The average molecular weight is 777 g/mol. The van der Waals surface area contributed by atoms with Crippen LogP contribution in [0.5, 0.6) is 5.75 Å². The normalized spacial score (nSPS) is 16.4. The molecule has 0 spiro atoms. The van der Waals surface area contributed by atoms with Gasteiger partial charge in [0.2, 0.25) is 0 Å². The molecule has 0 saturated carbocycles. The molecule has 0 radical (unpaired) electrons. The topological polar surface area (TPSA) is 130 Å². The number of benzene rings is 3. The van der Waals surface area contributed by atoms with Crippen molar-refractivity contribution in [1.29, 1.82) is 0 Å². The van der Waals surface area contributed by atoms with E-state index in [9.17, 15) is 0 Å². The van der Waals surface area contributed by atoms with E-state index in [0.29, 0.717) is 0 Å². The van der Waals surface area contributed by atoms with E-state index in [2.05, 4.69) is 72.1 Å². The number of nitrogens with one attached hydrogen (secondary N) is 1. The van der Waals surface area contributed by atoms with Crippen LogP contribution in [0.2, 0.25) is 0 Å². The molecule has 0 bridgehead atoms. The first-order valence-electron chi connectivity index (χ1n) is 19.5. The summed E-state index contributed by atoms with van der Waals surface area (Å²) in [6, 6.07) is 24.4. The van der Waals surface area contributed by atoms with Gasteiger partial charge in [-0.1, -0.05) is 49.0 Å². The van der Waals surface area contributed by atoms with Crippen LogP contribution in [-0.2, 0) is 14.0 Å². The highest BCUT2D eigenvalue weighted by atomic mass is 16.7. The molecule has 10 rings (SSSR count). The van der Waals surface area contributed by atoms with Crippen LogP contribution in [0.1, 0.15) is 71.2 Å². The molecule has 1 N–H and O–H groups in total. The van der Waals surface area contributed by atoms with E-state index in [1.807, 2.05) is 74.8 Å². The van der Waals surface area contributed by atoms with Crippen LogP contribution in [0.4, 0.5) is 0 Å². The first kappa shape index (κ1) is 39.2. The molecule has 0 amide bonds. The van der Waals surface area contributed by atoms with Crippen molar-refractivity contribution in [2.24, 2.45) is 0 Å². The molecule has 2 aliphatic rings. The van der Waals surface area contributed by atoms with Gasteiger partial charge in [-0.2, -0.15) is 0 Å². The lowest BCUT2D eigenvalue weighted by molar-refractivity contribution is 0.00578. The molecule has 2 aliphatic heterocycles. The fourth-order valence-corrected chi connectivity index (χ4v) is 8.00. The number of methoxy groups -OCH3 is 1. The number of hydrogen-bond donors (Lipinski definition) is 1. The number of pyridine rings is 2. The second-order valence-electron chi connectivity index (χ2n) is 15.8. The minimum absolute atomic E-state index is 0. The highest BCUT2D eigenvalue weighted by molar-refractivity contribution is 6.65. The van der Waals surface area contributed by atoms with Gasteiger partial charge in [-0.3, -0.25) is 9.97 Å². The van der Waals surface area contributed by atoms with Crippen LogP contribution in [0.15, 0.2) is 89.7 Å². The number of aromatic nitrogens is 6. The molecule has 0 unspecified atom stereocenters. The van der Waals surface area contributed by atoms with Gasteiger partial charge >= 0.3 is 7.12 Å². The second kappa shape index (κ2) is 15.2. The summed E-state index contributed by atoms with van der Waals surface area (Å²) in [5.41, 5.74) is 8.69. The third kappa shape index (κ3) is 6.78. The number of H-pyrrole nitrogens is 1. The number of aromatic amines is 1. The Balaban J connectivity index is 0.000000198. The van der Waals surface area contributed by atoms with Crippen LogP contribution in [0, 0.1) is 13.8 Å². The largest absolute Gasteiger partial charge is 0.496 e. The van der Waals surface area contributed by atoms with Crippen molar-refractivity contribution >= 4 is 56.3 Å². The number of aryl methyl sites for hydroxylation is 2. The van der Waals surface area contributed by atoms with Gasteiger partial charge in [-0.25, -0.2) is 9.97 Å². The van der Waals surface area contributed by atoms with E-state index in [-0.39, 0.29) is 31.7 Å². The quantitative estimate of drug-likeness (QED) is 0.169. The molecule has 296 valence electrons. The monoisotopic (exact) mass is 776 g/mol. The number of hydrogen-bond acceptors (Lipinski definition) is 10. The Labute approximate surface area is 338 Å². The zero-order valence-electron chi connectivity index (χ0n) is 33.3. The van der Waals surface area contributed by atoms with Crippen molar-refractivity contribution in [2.75, 3.05) is 20.3 Å². The van der Waals surface area contributed by atoms with Gasteiger partial charge in [-0.05, 0) is 102 Å². The standard InChI is InChI=1S/C30H27N5O3.C15H18BNO2.CH4/c1-16-26(17(2)38-35-16)22-14-24-21(15-25(22)36-3)27-28(20-8-11-31-23-7-5-4-6-19(20)23)33-29(34-30(27)32-24)18-9-12-37-13-10-18;1-14(2)15(3,4)19-16(18-14)12-9-10-17-13-8-6-5-7-11(12)13;/h4-8,11,14-15,18H,9-10,12-13H2,1-3H3,(H,32,33,34);5-10H,1-4H3;1H4. The molecule has 2 saturated heterocycles. The Kier molecular flexibility index (Phi) is 10.3. The maximum Gasteiger partial charge on any atom is 0.495 e. The number of para-hydroxylation sites is 2.